The van der Waals surface area contributed by atoms with Gasteiger partial charge in [-0.15, -0.1) is 6.58 Å². The van der Waals surface area contributed by atoms with Crippen LogP contribution in [0.1, 0.15) is 6.42 Å². The largest absolute Gasteiger partial charge is 0.466 e. The van der Waals surface area contributed by atoms with E-state index in [9.17, 15) is 23.7 Å². The van der Waals surface area contributed by atoms with E-state index >= 15 is 0 Å². The Morgan fingerprint density at radius 1 is 1.32 bits per heavy atom. The van der Waals surface area contributed by atoms with E-state index in [2.05, 4.69) is 16.0 Å². The van der Waals surface area contributed by atoms with Crippen molar-refractivity contribution in [2.45, 2.75) is 36.3 Å². The Labute approximate surface area is 131 Å². The summed E-state index contributed by atoms with van der Waals surface area (Å²) in [6.45, 7) is 2.82. The van der Waals surface area contributed by atoms with Crippen molar-refractivity contribution in [2.75, 3.05) is 6.61 Å². The highest BCUT2D eigenvalue weighted by molar-refractivity contribution is 8.14. The van der Waals surface area contributed by atoms with Gasteiger partial charge in [-0.3, -0.25) is 4.55 Å². The molecule has 0 aliphatic carbocycles. The van der Waals surface area contributed by atoms with Crippen LogP contribution in [-0.4, -0.2) is 74.9 Å². The molecule has 1 saturated heterocycles. The molecule has 0 radical (unpaired) electrons. The Kier molecular flexibility index (Phi) is 7.21. The third-order valence-corrected chi connectivity index (χ3v) is 4.05. The van der Waals surface area contributed by atoms with E-state index in [0.29, 0.717) is 11.8 Å². The molecule has 0 saturated carbocycles. The molecule has 1 heterocycles. The molecule has 0 amide bonds. The van der Waals surface area contributed by atoms with Crippen molar-refractivity contribution in [1.82, 2.24) is 0 Å². The van der Waals surface area contributed by atoms with Gasteiger partial charge in [-0.2, -0.15) is 8.42 Å². The van der Waals surface area contributed by atoms with E-state index in [4.69, 9.17) is 14.4 Å². The molecule has 5 N–H and O–H groups in total. The van der Waals surface area contributed by atoms with Gasteiger partial charge in [-0.1, -0.05) is 23.0 Å². The summed E-state index contributed by atoms with van der Waals surface area (Å²) in [4.78, 5) is 0. The van der Waals surface area contributed by atoms with E-state index < -0.39 is 46.9 Å². The average Bonchev–Trinajstić information content (AvgIpc) is 2.44. The number of ether oxygens (including phenoxy) is 1. The van der Waals surface area contributed by atoms with Gasteiger partial charge >= 0.3 is 10.4 Å². The van der Waals surface area contributed by atoms with Crippen LogP contribution in [0.5, 0.6) is 0 Å². The third-order valence-electron chi connectivity index (χ3n) is 2.65. The van der Waals surface area contributed by atoms with Gasteiger partial charge < -0.3 is 25.2 Å². The predicted octanol–water partition coefficient (Wildman–Crippen LogP) is -1.77. The van der Waals surface area contributed by atoms with Crippen LogP contribution in [0.15, 0.2) is 17.8 Å². The molecule has 5 atom stereocenters. The van der Waals surface area contributed by atoms with Crippen LogP contribution >= 0.6 is 11.8 Å². The van der Waals surface area contributed by atoms with Gasteiger partial charge in [-0.25, -0.2) is 4.28 Å². The van der Waals surface area contributed by atoms with Crippen molar-refractivity contribution in [3.63, 3.8) is 0 Å². The molecular formula is C10H17NO9S2. The summed E-state index contributed by atoms with van der Waals surface area (Å²) in [5, 5.41) is 41.3. The molecule has 1 fully saturated rings. The van der Waals surface area contributed by atoms with Crippen LogP contribution in [0.2, 0.25) is 0 Å². The number of aliphatic hydroxyl groups excluding tert-OH is 4. The van der Waals surface area contributed by atoms with Crippen LogP contribution in [0.4, 0.5) is 0 Å². The molecule has 10 nitrogen and oxygen atoms in total. The molecule has 1 aliphatic rings. The highest BCUT2D eigenvalue weighted by atomic mass is 32.3. The van der Waals surface area contributed by atoms with Crippen LogP contribution in [0, 0.1) is 0 Å². The maximum atomic E-state index is 10.5. The van der Waals surface area contributed by atoms with Gasteiger partial charge in [0.25, 0.3) is 0 Å². The normalized spacial score (nSPS) is 33.5. The Morgan fingerprint density at radius 2 is 1.95 bits per heavy atom. The van der Waals surface area contributed by atoms with Crippen molar-refractivity contribution in [2.24, 2.45) is 5.16 Å². The molecule has 12 heteroatoms. The molecule has 0 aromatic heterocycles. The zero-order valence-electron chi connectivity index (χ0n) is 11.2. The Balaban J connectivity index is 2.85. The first-order chi connectivity index (χ1) is 10.2. The number of aliphatic hydroxyl groups is 4. The number of hydrogen-bond acceptors (Lipinski definition) is 10. The first-order valence-corrected chi connectivity index (χ1v) is 8.25. The molecular weight excluding hydrogens is 342 g/mol. The van der Waals surface area contributed by atoms with E-state index in [-0.39, 0.29) is 11.5 Å². The van der Waals surface area contributed by atoms with Crippen molar-refractivity contribution in [1.29, 1.82) is 0 Å². The number of hydrogen-bond donors (Lipinski definition) is 5. The number of thioether (sulfide) groups is 1. The zero-order chi connectivity index (χ0) is 16.9. The van der Waals surface area contributed by atoms with E-state index in [1.807, 2.05) is 0 Å². The Morgan fingerprint density at radius 3 is 2.45 bits per heavy atom. The topological polar surface area (TPSA) is 166 Å². The standard InChI is InChI=1S/C10H17NO9S2/c1-2-3-6(11-20-22(16,17)18)21-10-9(15)8(14)7(13)5(4-12)19-10/h2,5,7-10,12-15H,1,3-4H2,(H,16,17,18)/b11-6-/t5-,7+,8+,9+,10+/m0/s1. The lowest BCUT2D eigenvalue weighted by molar-refractivity contribution is -0.205. The summed E-state index contributed by atoms with van der Waals surface area (Å²) in [5.74, 6) is 0. The second-order valence-electron chi connectivity index (χ2n) is 4.30. The third kappa shape index (κ3) is 5.48. The quantitative estimate of drug-likeness (QED) is 0.120. The van der Waals surface area contributed by atoms with Crippen LogP contribution in [0.25, 0.3) is 0 Å². The lowest BCUT2D eigenvalue weighted by Crippen LogP contribution is -2.57. The number of nitrogens with zero attached hydrogens (tertiary/aromatic N) is 1. The summed E-state index contributed by atoms with van der Waals surface area (Å²) in [6.07, 6.45) is -4.34. The lowest BCUT2D eigenvalue weighted by Gasteiger charge is -2.39. The number of oxime groups is 1. The summed E-state index contributed by atoms with van der Waals surface area (Å²) in [6, 6.07) is 0. The van der Waals surface area contributed by atoms with Crippen LogP contribution < -0.4 is 0 Å². The SMILES string of the molecule is C=CC/C(=N/OS(=O)(=O)O)S[C@H]1O[C@@H](CO)[C@@H](O)[C@@H](O)[C@H]1O. The fourth-order valence-electron chi connectivity index (χ4n) is 1.62. The number of rotatable bonds is 6. The molecule has 1 aliphatic heterocycles. The Hall–Kier alpha value is -0.730. The second-order valence-corrected chi connectivity index (χ2v) is 6.47. The van der Waals surface area contributed by atoms with Crippen molar-refractivity contribution in [3.8, 4) is 0 Å². The summed E-state index contributed by atoms with van der Waals surface area (Å²) >= 11 is 0.688. The van der Waals surface area contributed by atoms with Crippen molar-refractivity contribution < 1.29 is 42.4 Å². The molecule has 0 unspecified atom stereocenters. The fraction of sp³-hybridized carbons (Fsp3) is 0.700. The smallest absolute Gasteiger partial charge is 0.394 e. The first-order valence-electron chi connectivity index (χ1n) is 6.00. The Bertz CT molecular complexity index is 507. The van der Waals surface area contributed by atoms with Gasteiger partial charge in [0.1, 0.15) is 34.9 Å². The maximum absolute atomic E-state index is 10.5. The summed E-state index contributed by atoms with van der Waals surface area (Å²) in [5.41, 5.74) is -1.15. The first kappa shape index (κ1) is 19.3. The molecule has 0 spiro atoms. The molecule has 22 heavy (non-hydrogen) atoms. The van der Waals surface area contributed by atoms with E-state index in [1.165, 1.54) is 6.08 Å². The molecule has 1 rings (SSSR count). The monoisotopic (exact) mass is 359 g/mol. The van der Waals surface area contributed by atoms with Gasteiger partial charge in [0.15, 0.2) is 0 Å². The zero-order valence-corrected chi connectivity index (χ0v) is 12.9. The average molecular weight is 359 g/mol. The summed E-state index contributed by atoms with van der Waals surface area (Å²) in [7, 11) is -4.79. The van der Waals surface area contributed by atoms with Crippen molar-refractivity contribution in [3.05, 3.63) is 12.7 Å². The van der Waals surface area contributed by atoms with Gasteiger partial charge in [0.2, 0.25) is 0 Å². The van der Waals surface area contributed by atoms with Crippen molar-refractivity contribution >= 4 is 27.2 Å². The van der Waals surface area contributed by atoms with E-state index in [0.717, 1.165) is 0 Å². The van der Waals surface area contributed by atoms with Gasteiger partial charge in [0, 0.05) is 6.42 Å². The minimum atomic E-state index is -4.79. The maximum Gasteiger partial charge on any atom is 0.466 e. The minimum Gasteiger partial charge on any atom is -0.394 e. The van der Waals surface area contributed by atoms with Crippen LogP contribution in [0.3, 0.4) is 0 Å². The molecule has 128 valence electrons. The van der Waals surface area contributed by atoms with E-state index in [1.54, 1.807) is 0 Å². The highest BCUT2D eigenvalue weighted by Crippen LogP contribution is 2.30. The molecule has 0 aromatic carbocycles. The highest BCUT2D eigenvalue weighted by Gasteiger charge is 2.44. The lowest BCUT2D eigenvalue weighted by atomic mass is 10.0. The predicted molar refractivity (Wildman–Crippen MR) is 76.2 cm³/mol. The molecule has 0 bridgehead atoms. The minimum absolute atomic E-state index is 0.0230. The van der Waals surface area contributed by atoms with Crippen LogP contribution in [-0.2, 0) is 19.4 Å². The fourth-order valence-corrected chi connectivity index (χ4v) is 2.91. The number of allylic oxidation sites excluding steroid dienone is 1. The van der Waals surface area contributed by atoms with Gasteiger partial charge in [-0.05, 0) is 0 Å². The van der Waals surface area contributed by atoms with Gasteiger partial charge in [0.05, 0.1) is 6.61 Å². The molecule has 0 aromatic rings. The summed E-state index contributed by atoms with van der Waals surface area (Å²) < 4.78 is 38.5. The second kappa shape index (κ2) is 8.21.